The molecule has 0 radical (unpaired) electrons. The Bertz CT molecular complexity index is 757. The maximum absolute atomic E-state index is 12.5. The fourth-order valence-electron chi connectivity index (χ4n) is 2.82. The van der Waals surface area contributed by atoms with E-state index in [0.717, 1.165) is 30.1 Å². The zero-order chi connectivity index (χ0) is 19.6. The highest BCUT2D eigenvalue weighted by Gasteiger charge is 2.14. The van der Waals surface area contributed by atoms with Crippen LogP contribution in [0.5, 0.6) is 0 Å². The lowest BCUT2D eigenvalue weighted by atomic mass is 10.2. The summed E-state index contributed by atoms with van der Waals surface area (Å²) in [4.78, 5) is 15.4. The number of carbonyl (C=O) groups excluding carboxylic acids is 1. The van der Waals surface area contributed by atoms with E-state index in [0.29, 0.717) is 12.3 Å². The molecule has 6 heteroatoms. The Kier molecular flexibility index (Phi) is 8.75. The van der Waals surface area contributed by atoms with Gasteiger partial charge >= 0.3 is 0 Å². The maximum Gasteiger partial charge on any atom is 0.287 e. The number of benzene rings is 1. The van der Waals surface area contributed by atoms with Crippen LogP contribution in [0.2, 0.25) is 0 Å². The molecule has 0 saturated carbocycles. The van der Waals surface area contributed by atoms with Crippen LogP contribution in [0, 0.1) is 6.92 Å². The SMILES string of the molecule is CCCCN(CC)CCNC(=O)c1ccc(C[S@](=O)c2ccccc2C)o1. The van der Waals surface area contributed by atoms with Gasteiger partial charge in [0, 0.05) is 18.0 Å². The molecule has 2 aromatic rings. The highest BCUT2D eigenvalue weighted by Crippen LogP contribution is 2.18. The molecule has 1 amide bonds. The highest BCUT2D eigenvalue weighted by atomic mass is 32.2. The van der Waals surface area contributed by atoms with E-state index in [9.17, 15) is 9.00 Å². The molecule has 27 heavy (non-hydrogen) atoms. The van der Waals surface area contributed by atoms with Crippen LogP contribution < -0.4 is 5.32 Å². The number of rotatable bonds is 11. The third-order valence-corrected chi connectivity index (χ3v) is 5.98. The van der Waals surface area contributed by atoms with Gasteiger partial charge in [0.05, 0.1) is 16.6 Å². The van der Waals surface area contributed by atoms with Crippen LogP contribution >= 0.6 is 0 Å². The normalized spacial score (nSPS) is 12.3. The number of carbonyl (C=O) groups is 1. The molecule has 1 N–H and O–H groups in total. The first-order chi connectivity index (χ1) is 13.0. The minimum absolute atomic E-state index is 0.227. The average Bonchev–Trinajstić information content (AvgIpc) is 3.13. The molecule has 2 rings (SSSR count). The second-order valence-corrected chi connectivity index (χ2v) is 7.98. The van der Waals surface area contributed by atoms with Gasteiger partial charge in [0.25, 0.3) is 5.91 Å². The first kappa shape index (κ1) is 21.4. The predicted molar refractivity (Wildman–Crippen MR) is 109 cm³/mol. The largest absolute Gasteiger partial charge is 0.455 e. The summed E-state index contributed by atoms with van der Waals surface area (Å²) in [5.74, 6) is 0.858. The first-order valence-electron chi connectivity index (χ1n) is 9.58. The molecule has 148 valence electrons. The Labute approximate surface area is 164 Å². The van der Waals surface area contributed by atoms with Crippen LogP contribution in [0.25, 0.3) is 0 Å². The maximum atomic E-state index is 12.5. The molecule has 0 saturated heterocycles. The number of likely N-dealkylation sites (N-methyl/N-ethyl adjacent to an activating group) is 1. The van der Waals surface area contributed by atoms with Gasteiger partial charge in [-0.3, -0.25) is 9.00 Å². The molecule has 5 nitrogen and oxygen atoms in total. The summed E-state index contributed by atoms with van der Waals surface area (Å²) in [6.45, 7) is 9.69. The van der Waals surface area contributed by atoms with Gasteiger partial charge in [0.2, 0.25) is 0 Å². The molecule has 0 aliphatic rings. The van der Waals surface area contributed by atoms with Crippen LogP contribution in [-0.4, -0.2) is 41.2 Å². The molecule has 1 atom stereocenters. The fourth-order valence-corrected chi connectivity index (χ4v) is 4.05. The van der Waals surface area contributed by atoms with Crippen molar-refractivity contribution in [3.63, 3.8) is 0 Å². The van der Waals surface area contributed by atoms with E-state index in [1.807, 2.05) is 31.2 Å². The summed E-state index contributed by atoms with van der Waals surface area (Å²) in [7, 11) is -1.19. The van der Waals surface area contributed by atoms with Crippen molar-refractivity contribution in [3.8, 4) is 0 Å². The van der Waals surface area contributed by atoms with Gasteiger partial charge in [-0.25, -0.2) is 0 Å². The number of amides is 1. The number of aryl methyl sites for hydroxylation is 1. The minimum atomic E-state index is -1.19. The van der Waals surface area contributed by atoms with Crippen LogP contribution in [0.15, 0.2) is 45.7 Å². The van der Waals surface area contributed by atoms with E-state index in [1.165, 1.54) is 12.8 Å². The third-order valence-electron chi connectivity index (χ3n) is 4.49. The van der Waals surface area contributed by atoms with Crippen LogP contribution in [0.3, 0.4) is 0 Å². The average molecular weight is 391 g/mol. The van der Waals surface area contributed by atoms with E-state index in [-0.39, 0.29) is 17.4 Å². The molecule has 1 heterocycles. The lowest BCUT2D eigenvalue weighted by Gasteiger charge is -2.19. The number of hydrogen-bond donors (Lipinski definition) is 1. The van der Waals surface area contributed by atoms with Crippen molar-refractivity contribution in [1.82, 2.24) is 10.2 Å². The predicted octanol–water partition coefficient (Wildman–Crippen LogP) is 3.75. The topological polar surface area (TPSA) is 62.6 Å². The fraction of sp³-hybridized carbons (Fsp3) is 0.476. The van der Waals surface area contributed by atoms with Gasteiger partial charge in [-0.15, -0.1) is 0 Å². The minimum Gasteiger partial charge on any atom is -0.455 e. The Morgan fingerprint density at radius 2 is 1.93 bits per heavy atom. The Balaban J connectivity index is 1.85. The van der Waals surface area contributed by atoms with Crippen molar-refractivity contribution in [3.05, 3.63) is 53.5 Å². The highest BCUT2D eigenvalue weighted by molar-refractivity contribution is 7.84. The zero-order valence-electron chi connectivity index (χ0n) is 16.5. The van der Waals surface area contributed by atoms with E-state index in [2.05, 4.69) is 24.1 Å². The van der Waals surface area contributed by atoms with E-state index in [1.54, 1.807) is 12.1 Å². The third kappa shape index (κ3) is 6.63. The molecule has 0 spiro atoms. The molecule has 0 aliphatic carbocycles. The summed E-state index contributed by atoms with van der Waals surface area (Å²) in [6.07, 6.45) is 2.34. The van der Waals surface area contributed by atoms with Crippen LogP contribution in [0.1, 0.15) is 48.6 Å². The molecular weight excluding hydrogens is 360 g/mol. The van der Waals surface area contributed by atoms with Gasteiger partial charge in [0.1, 0.15) is 5.76 Å². The van der Waals surface area contributed by atoms with Gasteiger partial charge in [0.15, 0.2) is 5.76 Å². The second-order valence-electron chi connectivity index (χ2n) is 6.57. The standard InChI is InChI=1S/C21H30N2O3S/c1-4-6-14-23(5-2)15-13-22-21(24)19-12-11-18(26-19)16-27(25)20-10-8-7-9-17(20)3/h7-12H,4-6,13-16H2,1-3H3,(H,22,24)/t27-/m0/s1. The van der Waals surface area contributed by atoms with Crippen molar-refractivity contribution in [2.75, 3.05) is 26.2 Å². The summed E-state index contributed by atoms with van der Waals surface area (Å²) >= 11 is 0. The van der Waals surface area contributed by atoms with E-state index in [4.69, 9.17) is 4.42 Å². The van der Waals surface area contributed by atoms with Crippen LogP contribution in [-0.2, 0) is 16.6 Å². The van der Waals surface area contributed by atoms with Gasteiger partial charge < -0.3 is 14.6 Å². The van der Waals surface area contributed by atoms with Crippen LogP contribution in [0.4, 0.5) is 0 Å². The quantitative estimate of drug-likeness (QED) is 0.635. The lowest BCUT2D eigenvalue weighted by molar-refractivity contribution is 0.0919. The summed E-state index contributed by atoms with van der Waals surface area (Å²) in [5, 5.41) is 2.90. The Morgan fingerprint density at radius 1 is 1.15 bits per heavy atom. The van der Waals surface area contributed by atoms with Gasteiger partial charge in [-0.05, 0) is 50.2 Å². The number of hydrogen-bond acceptors (Lipinski definition) is 4. The lowest BCUT2D eigenvalue weighted by Crippen LogP contribution is -2.35. The van der Waals surface area contributed by atoms with Gasteiger partial charge in [-0.2, -0.15) is 0 Å². The number of unbranched alkanes of at least 4 members (excludes halogenated alkanes) is 1. The molecule has 0 unspecified atom stereocenters. The van der Waals surface area contributed by atoms with Gasteiger partial charge in [-0.1, -0.05) is 38.5 Å². The number of furan rings is 1. The zero-order valence-corrected chi connectivity index (χ0v) is 17.3. The van der Waals surface area contributed by atoms with Crippen molar-refractivity contribution >= 4 is 16.7 Å². The molecule has 0 fully saturated rings. The van der Waals surface area contributed by atoms with E-state index >= 15 is 0 Å². The molecule has 1 aromatic carbocycles. The summed E-state index contributed by atoms with van der Waals surface area (Å²) in [6, 6.07) is 11.0. The van der Waals surface area contributed by atoms with Crippen molar-refractivity contribution in [2.45, 2.75) is 44.3 Å². The molecule has 0 bridgehead atoms. The smallest absolute Gasteiger partial charge is 0.287 e. The summed E-state index contributed by atoms with van der Waals surface area (Å²) < 4.78 is 18.1. The number of nitrogens with one attached hydrogen (secondary N) is 1. The molecular formula is C21H30N2O3S. The summed E-state index contributed by atoms with van der Waals surface area (Å²) in [5.41, 5.74) is 0.990. The van der Waals surface area contributed by atoms with Crippen molar-refractivity contribution < 1.29 is 13.4 Å². The first-order valence-corrected chi connectivity index (χ1v) is 10.9. The monoisotopic (exact) mass is 390 g/mol. The van der Waals surface area contributed by atoms with Crippen molar-refractivity contribution in [2.24, 2.45) is 0 Å². The van der Waals surface area contributed by atoms with Crippen molar-refractivity contribution in [1.29, 1.82) is 0 Å². The Hall–Kier alpha value is -1.92. The number of nitrogens with zero attached hydrogens (tertiary/aromatic N) is 1. The molecule has 1 aromatic heterocycles. The second kappa shape index (κ2) is 11.0. The Morgan fingerprint density at radius 3 is 2.63 bits per heavy atom. The molecule has 0 aliphatic heterocycles. The van der Waals surface area contributed by atoms with E-state index < -0.39 is 10.8 Å².